The van der Waals surface area contributed by atoms with E-state index in [0.29, 0.717) is 6.42 Å². The van der Waals surface area contributed by atoms with Crippen LogP contribution in [-0.4, -0.2) is 40.5 Å². The number of Topliss-reactive ketones (excluding diaryl/α,β-unsaturated/α-hetero) is 1. The molecule has 3 fully saturated rings. The van der Waals surface area contributed by atoms with Crippen LogP contribution in [0.1, 0.15) is 40.0 Å². The average molecular weight is 413 g/mol. The predicted octanol–water partition coefficient (Wildman–Crippen LogP) is 3.98. The largest absolute Gasteiger partial charge is 0.390 e. The van der Waals surface area contributed by atoms with Gasteiger partial charge in [-0.05, 0) is 61.2 Å². The van der Waals surface area contributed by atoms with Crippen LogP contribution >= 0.6 is 11.6 Å². The zero-order chi connectivity index (χ0) is 20.6. The SMILES string of the molecule is C[C@H]1CC2C3C[C@H](F)C4=CC(=O)C=CC4(C)[C@@]3(F)[C@@H](O)CC2(C)C1C(=O)CCl. The maximum atomic E-state index is 16.8. The third kappa shape index (κ3) is 2.29. The minimum absolute atomic E-state index is 0.00193. The first kappa shape index (κ1) is 20.2. The van der Waals surface area contributed by atoms with E-state index in [1.165, 1.54) is 18.2 Å². The Morgan fingerprint density at radius 3 is 2.64 bits per heavy atom. The van der Waals surface area contributed by atoms with Crippen molar-refractivity contribution in [2.24, 2.45) is 34.5 Å². The van der Waals surface area contributed by atoms with Crippen LogP contribution in [0.3, 0.4) is 0 Å². The van der Waals surface area contributed by atoms with Gasteiger partial charge in [0.25, 0.3) is 0 Å². The minimum Gasteiger partial charge on any atom is -0.390 e. The lowest BCUT2D eigenvalue weighted by Gasteiger charge is -2.62. The summed E-state index contributed by atoms with van der Waals surface area (Å²) in [7, 11) is 0. The molecule has 4 rings (SSSR count). The highest BCUT2D eigenvalue weighted by Crippen LogP contribution is 2.70. The molecule has 6 heteroatoms. The van der Waals surface area contributed by atoms with Crippen LogP contribution in [0.5, 0.6) is 0 Å². The molecule has 28 heavy (non-hydrogen) atoms. The summed E-state index contributed by atoms with van der Waals surface area (Å²) in [6.07, 6.45) is 1.77. The van der Waals surface area contributed by atoms with Crippen LogP contribution in [-0.2, 0) is 9.59 Å². The van der Waals surface area contributed by atoms with Gasteiger partial charge in [-0.3, -0.25) is 9.59 Å². The number of fused-ring (bicyclic) bond motifs is 5. The van der Waals surface area contributed by atoms with Crippen molar-refractivity contribution in [2.75, 3.05) is 5.88 Å². The van der Waals surface area contributed by atoms with E-state index in [4.69, 9.17) is 11.6 Å². The lowest BCUT2D eigenvalue weighted by Crippen LogP contribution is -2.68. The molecule has 0 aromatic heterocycles. The summed E-state index contributed by atoms with van der Waals surface area (Å²) in [5.74, 6) is -1.86. The zero-order valence-electron chi connectivity index (χ0n) is 16.4. The molecule has 0 heterocycles. The third-order valence-electron chi connectivity index (χ3n) is 8.45. The molecule has 5 unspecified atom stereocenters. The monoisotopic (exact) mass is 412 g/mol. The second-order valence-corrected chi connectivity index (χ2v) is 10.0. The van der Waals surface area contributed by atoms with Crippen molar-refractivity contribution in [1.29, 1.82) is 0 Å². The summed E-state index contributed by atoms with van der Waals surface area (Å²) in [6, 6.07) is 0. The Labute approximate surface area is 169 Å². The van der Waals surface area contributed by atoms with Gasteiger partial charge in [-0.1, -0.05) is 19.9 Å². The molecular formula is C22H27ClF2O3. The summed E-state index contributed by atoms with van der Waals surface area (Å²) in [4.78, 5) is 24.4. The fraction of sp³-hybridized carbons (Fsp3) is 0.727. The molecule has 0 amide bonds. The number of carbonyl (C=O) groups is 2. The number of aliphatic hydroxyl groups excluding tert-OH is 1. The normalized spacial score (nSPS) is 52.5. The lowest BCUT2D eigenvalue weighted by atomic mass is 9.45. The molecule has 0 bridgehead atoms. The number of hydrogen-bond donors (Lipinski definition) is 1. The number of aliphatic hydroxyl groups is 1. The fourth-order valence-electron chi connectivity index (χ4n) is 7.34. The highest BCUT2D eigenvalue weighted by atomic mass is 35.5. The first-order valence-corrected chi connectivity index (χ1v) is 10.6. The molecular weight excluding hydrogens is 386 g/mol. The highest BCUT2D eigenvalue weighted by molar-refractivity contribution is 6.28. The molecule has 0 radical (unpaired) electrons. The Morgan fingerprint density at radius 2 is 2.00 bits per heavy atom. The van der Waals surface area contributed by atoms with Gasteiger partial charge < -0.3 is 5.11 Å². The molecule has 9 atom stereocenters. The van der Waals surface area contributed by atoms with Gasteiger partial charge >= 0.3 is 0 Å². The molecule has 3 nitrogen and oxygen atoms in total. The second kappa shape index (κ2) is 6.21. The van der Waals surface area contributed by atoms with E-state index in [1.807, 2.05) is 13.8 Å². The van der Waals surface area contributed by atoms with Gasteiger partial charge in [0, 0.05) is 17.3 Å². The fourth-order valence-corrected chi connectivity index (χ4v) is 7.51. The number of hydrogen-bond acceptors (Lipinski definition) is 3. The Hall–Kier alpha value is -1.07. The Kier molecular flexibility index (Phi) is 4.49. The van der Waals surface area contributed by atoms with Gasteiger partial charge in [-0.2, -0.15) is 0 Å². The van der Waals surface area contributed by atoms with Crippen molar-refractivity contribution < 1.29 is 23.5 Å². The molecule has 0 aromatic rings. The molecule has 1 N–H and O–H groups in total. The van der Waals surface area contributed by atoms with E-state index in [-0.39, 0.29) is 53.6 Å². The van der Waals surface area contributed by atoms with Crippen molar-refractivity contribution in [1.82, 2.24) is 0 Å². The van der Waals surface area contributed by atoms with Crippen LogP contribution < -0.4 is 0 Å². The summed E-state index contributed by atoms with van der Waals surface area (Å²) in [5.41, 5.74) is -3.94. The van der Waals surface area contributed by atoms with Crippen LogP contribution in [0.15, 0.2) is 23.8 Å². The molecule has 0 spiro atoms. The lowest BCUT2D eigenvalue weighted by molar-refractivity contribution is -0.201. The average Bonchev–Trinajstić information content (AvgIpc) is 2.89. The van der Waals surface area contributed by atoms with Gasteiger partial charge in [0.1, 0.15) is 6.17 Å². The van der Waals surface area contributed by atoms with E-state index in [9.17, 15) is 14.7 Å². The number of rotatable bonds is 2. The predicted molar refractivity (Wildman–Crippen MR) is 102 cm³/mol. The van der Waals surface area contributed by atoms with Crippen LogP contribution in [0.4, 0.5) is 8.78 Å². The van der Waals surface area contributed by atoms with Gasteiger partial charge in [-0.15, -0.1) is 11.6 Å². The van der Waals surface area contributed by atoms with E-state index >= 15 is 8.78 Å². The van der Waals surface area contributed by atoms with Crippen LogP contribution in [0.25, 0.3) is 0 Å². The molecule has 4 aliphatic rings. The first-order valence-electron chi connectivity index (χ1n) is 10.1. The van der Waals surface area contributed by atoms with Gasteiger partial charge in [0.15, 0.2) is 17.2 Å². The van der Waals surface area contributed by atoms with Crippen molar-refractivity contribution in [2.45, 2.75) is 58.0 Å². The van der Waals surface area contributed by atoms with Crippen LogP contribution in [0, 0.1) is 34.5 Å². The minimum atomic E-state index is -2.08. The number of allylic oxidation sites excluding steroid dienone is 4. The van der Waals surface area contributed by atoms with Crippen molar-refractivity contribution in [3.05, 3.63) is 23.8 Å². The van der Waals surface area contributed by atoms with E-state index < -0.39 is 34.7 Å². The Balaban J connectivity index is 1.84. The van der Waals surface area contributed by atoms with Gasteiger partial charge in [-0.25, -0.2) is 8.78 Å². The zero-order valence-corrected chi connectivity index (χ0v) is 17.2. The first-order chi connectivity index (χ1) is 13.0. The summed E-state index contributed by atoms with van der Waals surface area (Å²) in [5, 5.41) is 11.1. The number of ketones is 2. The number of alkyl halides is 3. The molecule has 0 aromatic carbocycles. The van der Waals surface area contributed by atoms with E-state index in [0.717, 1.165) is 0 Å². The highest BCUT2D eigenvalue weighted by Gasteiger charge is 2.73. The Morgan fingerprint density at radius 1 is 1.32 bits per heavy atom. The maximum Gasteiger partial charge on any atom is 0.178 e. The standard InChI is InChI=1S/C22H27ClF2O3/c1-11-6-13-14-8-16(24)15-7-12(26)4-5-21(15,3)22(14,25)18(28)9-20(13,2)19(11)17(27)10-23/h4-5,7,11,13-14,16,18-19,28H,6,8-10H2,1-3H3/t11-,13?,14?,16-,18-,19?,20?,21?,22-/m0/s1. The molecule has 154 valence electrons. The van der Waals surface area contributed by atoms with Gasteiger partial charge in [0.2, 0.25) is 0 Å². The van der Waals surface area contributed by atoms with E-state index in [1.54, 1.807) is 6.92 Å². The quantitative estimate of drug-likeness (QED) is 0.698. The summed E-state index contributed by atoms with van der Waals surface area (Å²) in [6.45, 7) is 5.49. The van der Waals surface area contributed by atoms with E-state index in [2.05, 4.69) is 0 Å². The molecule has 3 saturated carbocycles. The molecule has 0 aliphatic heterocycles. The Bertz CT molecular complexity index is 795. The number of carbonyl (C=O) groups excluding carboxylic acids is 2. The molecule has 4 aliphatic carbocycles. The maximum absolute atomic E-state index is 16.8. The molecule has 0 saturated heterocycles. The summed E-state index contributed by atoms with van der Waals surface area (Å²) >= 11 is 5.85. The van der Waals surface area contributed by atoms with Crippen molar-refractivity contribution >= 4 is 23.2 Å². The summed E-state index contributed by atoms with van der Waals surface area (Å²) < 4.78 is 32.1. The number of halogens is 3. The smallest absolute Gasteiger partial charge is 0.178 e. The second-order valence-electron chi connectivity index (χ2n) is 9.74. The third-order valence-corrected chi connectivity index (χ3v) is 8.71. The van der Waals surface area contributed by atoms with Crippen LogP contribution in [0.2, 0.25) is 0 Å². The van der Waals surface area contributed by atoms with Gasteiger partial charge in [0.05, 0.1) is 12.0 Å². The van der Waals surface area contributed by atoms with Crippen molar-refractivity contribution in [3.63, 3.8) is 0 Å². The van der Waals surface area contributed by atoms with Crippen molar-refractivity contribution in [3.8, 4) is 0 Å². The topological polar surface area (TPSA) is 54.4 Å².